The van der Waals surface area contributed by atoms with Crippen LogP contribution in [-0.2, 0) is 6.54 Å². The number of nitrogens with one attached hydrogen (secondary N) is 1. The summed E-state index contributed by atoms with van der Waals surface area (Å²) in [5.41, 5.74) is 6.03. The summed E-state index contributed by atoms with van der Waals surface area (Å²) >= 11 is 0. The maximum absolute atomic E-state index is 5.47. The molecule has 0 aromatic carbocycles. The first-order chi connectivity index (χ1) is 7.34. The molecule has 2 heterocycles. The number of nitrogens with two attached hydrogens (primary N) is 1. The molecule has 78 valence electrons. The van der Waals surface area contributed by atoms with Gasteiger partial charge >= 0.3 is 0 Å². The van der Waals surface area contributed by atoms with Crippen LogP contribution in [0.25, 0.3) is 0 Å². The molecule has 0 fully saturated rings. The van der Waals surface area contributed by atoms with E-state index in [9.17, 15) is 0 Å². The van der Waals surface area contributed by atoms with Crippen molar-refractivity contribution in [1.29, 1.82) is 0 Å². The molecule has 6 nitrogen and oxygen atoms in total. The van der Waals surface area contributed by atoms with Gasteiger partial charge in [0, 0.05) is 18.9 Å². The highest BCUT2D eigenvalue weighted by Crippen LogP contribution is 1.99. The Morgan fingerprint density at radius 3 is 2.80 bits per heavy atom. The summed E-state index contributed by atoms with van der Waals surface area (Å²) in [6.07, 6.45) is 6.80. The number of hydrogen-bond acceptors (Lipinski definition) is 5. The number of aromatic nitrogens is 4. The molecule has 2 rings (SSSR count). The van der Waals surface area contributed by atoms with Crippen molar-refractivity contribution in [2.75, 3.05) is 17.6 Å². The Balaban J connectivity index is 1.81. The van der Waals surface area contributed by atoms with Crippen LogP contribution in [-0.4, -0.2) is 26.3 Å². The molecular formula is C9H12N6. The molecule has 6 heteroatoms. The predicted octanol–water partition coefficient (Wildman–Crippen LogP) is 0.367. The summed E-state index contributed by atoms with van der Waals surface area (Å²) in [5.74, 6) is 0.580. The first-order valence-corrected chi connectivity index (χ1v) is 4.63. The van der Waals surface area contributed by atoms with Crippen molar-refractivity contribution in [1.82, 2.24) is 19.7 Å². The van der Waals surface area contributed by atoms with Crippen molar-refractivity contribution in [3.63, 3.8) is 0 Å². The van der Waals surface area contributed by atoms with Gasteiger partial charge in [0.1, 0.15) is 0 Å². The zero-order chi connectivity index (χ0) is 10.5. The van der Waals surface area contributed by atoms with Gasteiger partial charge in [-0.15, -0.1) is 0 Å². The molecule has 0 saturated carbocycles. The summed E-state index contributed by atoms with van der Waals surface area (Å²) in [4.78, 5) is 8.04. The summed E-state index contributed by atoms with van der Waals surface area (Å²) in [6.45, 7) is 1.51. The molecule has 2 aromatic rings. The minimum atomic E-state index is 0.563. The standard InChI is InChI=1S/C9H12N6/c10-8-6-12-9(13-7-8)11-3-5-15-4-1-2-14-15/h1-2,4,6-7H,3,5,10H2,(H,11,12,13). The van der Waals surface area contributed by atoms with Crippen molar-refractivity contribution >= 4 is 11.6 Å². The van der Waals surface area contributed by atoms with Gasteiger partial charge in [-0.25, -0.2) is 9.97 Å². The fourth-order valence-corrected chi connectivity index (χ4v) is 1.14. The van der Waals surface area contributed by atoms with Gasteiger partial charge in [0.25, 0.3) is 0 Å². The lowest BCUT2D eigenvalue weighted by Crippen LogP contribution is -2.12. The topological polar surface area (TPSA) is 81.6 Å². The zero-order valence-electron chi connectivity index (χ0n) is 8.17. The third kappa shape index (κ3) is 2.67. The Bertz CT molecular complexity index is 393. The maximum atomic E-state index is 5.47. The highest BCUT2D eigenvalue weighted by Gasteiger charge is 1.94. The minimum Gasteiger partial charge on any atom is -0.396 e. The summed E-state index contributed by atoms with van der Waals surface area (Å²) < 4.78 is 1.84. The van der Waals surface area contributed by atoms with Crippen molar-refractivity contribution in [2.24, 2.45) is 0 Å². The Morgan fingerprint density at radius 2 is 2.13 bits per heavy atom. The number of anilines is 2. The van der Waals surface area contributed by atoms with Gasteiger partial charge < -0.3 is 11.1 Å². The van der Waals surface area contributed by atoms with Crippen molar-refractivity contribution in [3.05, 3.63) is 30.9 Å². The van der Waals surface area contributed by atoms with Crippen LogP contribution >= 0.6 is 0 Å². The average molecular weight is 204 g/mol. The molecule has 0 amide bonds. The highest BCUT2D eigenvalue weighted by molar-refractivity contribution is 5.35. The molecule has 0 bridgehead atoms. The summed E-state index contributed by atoms with van der Waals surface area (Å²) in [5, 5.41) is 7.15. The van der Waals surface area contributed by atoms with Crippen LogP contribution in [0.2, 0.25) is 0 Å². The molecule has 0 aliphatic carbocycles. The van der Waals surface area contributed by atoms with E-state index in [0.29, 0.717) is 11.6 Å². The first-order valence-electron chi connectivity index (χ1n) is 4.63. The van der Waals surface area contributed by atoms with E-state index in [2.05, 4.69) is 20.4 Å². The van der Waals surface area contributed by atoms with Gasteiger partial charge in [-0.1, -0.05) is 0 Å². The van der Waals surface area contributed by atoms with Crippen LogP contribution in [0.1, 0.15) is 0 Å². The third-order valence-electron chi connectivity index (χ3n) is 1.86. The predicted molar refractivity (Wildman–Crippen MR) is 57.2 cm³/mol. The van der Waals surface area contributed by atoms with Gasteiger partial charge in [0.2, 0.25) is 5.95 Å². The first kappa shape index (κ1) is 9.45. The minimum absolute atomic E-state index is 0.563. The molecule has 0 aliphatic rings. The van der Waals surface area contributed by atoms with Crippen LogP contribution in [0.5, 0.6) is 0 Å². The SMILES string of the molecule is Nc1cnc(NCCn2cccn2)nc1. The highest BCUT2D eigenvalue weighted by atomic mass is 15.3. The van der Waals surface area contributed by atoms with E-state index in [-0.39, 0.29) is 0 Å². The normalized spacial score (nSPS) is 10.1. The van der Waals surface area contributed by atoms with Crippen LogP contribution in [0.3, 0.4) is 0 Å². The number of hydrogen-bond donors (Lipinski definition) is 2. The Labute approximate surface area is 87.2 Å². The van der Waals surface area contributed by atoms with Gasteiger partial charge in [0.15, 0.2) is 0 Å². The van der Waals surface area contributed by atoms with E-state index in [4.69, 9.17) is 5.73 Å². The lowest BCUT2D eigenvalue weighted by molar-refractivity contribution is 0.636. The van der Waals surface area contributed by atoms with Crippen molar-refractivity contribution < 1.29 is 0 Å². The Morgan fingerprint density at radius 1 is 1.33 bits per heavy atom. The lowest BCUT2D eigenvalue weighted by Gasteiger charge is -2.04. The van der Waals surface area contributed by atoms with Crippen LogP contribution in [0, 0.1) is 0 Å². The monoisotopic (exact) mass is 204 g/mol. The van der Waals surface area contributed by atoms with E-state index in [0.717, 1.165) is 13.1 Å². The van der Waals surface area contributed by atoms with Gasteiger partial charge in [0.05, 0.1) is 24.6 Å². The number of nitrogen functional groups attached to an aromatic ring is 1. The van der Waals surface area contributed by atoms with E-state index < -0.39 is 0 Å². The Kier molecular flexibility index (Phi) is 2.77. The lowest BCUT2D eigenvalue weighted by atomic mass is 10.5. The smallest absolute Gasteiger partial charge is 0.222 e. The maximum Gasteiger partial charge on any atom is 0.222 e. The van der Waals surface area contributed by atoms with Crippen LogP contribution < -0.4 is 11.1 Å². The average Bonchev–Trinajstić information content (AvgIpc) is 2.74. The zero-order valence-corrected chi connectivity index (χ0v) is 8.17. The van der Waals surface area contributed by atoms with E-state index in [1.165, 1.54) is 0 Å². The molecule has 0 radical (unpaired) electrons. The Hall–Kier alpha value is -2.11. The van der Waals surface area contributed by atoms with Gasteiger partial charge in [-0.3, -0.25) is 4.68 Å². The summed E-state index contributed by atoms with van der Waals surface area (Å²) in [7, 11) is 0. The third-order valence-corrected chi connectivity index (χ3v) is 1.86. The molecule has 0 unspecified atom stereocenters. The quantitative estimate of drug-likeness (QED) is 0.751. The second kappa shape index (κ2) is 4.41. The fraction of sp³-hybridized carbons (Fsp3) is 0.222. The van der Waals surface area contributed by atoms with Crippen molar-refractivity contribution in [2.45, 2.75) is 6.54 Å². The molecule has 2 aromatic heterocycles. The number of rotatable bonds is 4. The van der Waals surface area contributed by atoms with Crippen molar-refractivity contribution in [3.8, 4) is 0 Å². The fourth-order valence-electron chi connectivity index (χ4n) is 1.14. The van der Waals surface area contributed by atoms with Gasteiger partial charge in [-0.2, -0.15) is 5.10 Å². The van der Waals surface area contributed by atoms with Crippen LogP contribution in [0.15, 0.2) is 30.9 Å². The molecule has 0 atom stereocenters. The second-order valence-corrected chi connectivity index (χ2v) is 3.04. The molecule has 0 aliphatic heterocycles. The van der Waals surface area contributed by atoms with E-state index in [1.807, 2.05) is 16.9 Å². The molecule has 3 N–H and O–H groups in total. The van der Waals surface area contributed by atoms with Gasteiger partial charge in [-0.05, 0) is 6.07 Å². The molecular weight excluding hydrogens is 192 g/mol. The molecule has 0 spiro atoms. The number of nitrogens with zero attached hydrogens (tertiary/aromatic N) is 4. The largest absolute Gasteiger partial charge is 0.396 e. The molecule has 0 saturated heterocycles. The summed E-state index contributed by atoms with van der Waals surface area (Å²) in [6, 6.07) is 1.89. The molecule has 15 heavy (non-hydrogen) atoms. The van der Waals surface area contributed by atoms with E-state index in [1.54, 1.807) is 18.6 Å². The van der Waals surface area contributed by atoms with Crippen LogP contribution in [0.4, 0.5) is 11.6 Å². The van der Waals surface area contributed by atoms with E-state index >= 15 is 0 Å². The second-order valence-electron chi connectivity index (χ2n) is 3.04.